The summed E-state index contributed by atoms with van der Waals surface area (Å²) >= 11 is 0. The quantitative estimate of drug-likeness (QED) is 0.529. The first-order valence-corrected chi connectivity index (χ1v) is 12.8. The molecule has 0 aliphatic rings. The summed E-state index contributed by atoms with van der Waals surface area (Å²) in [6, 6.07) is 10.4. The van der Waals surface area contributed by atoms with Crippen LogP contribution in [0.25, 0.3) is 11.3 Å². The lowest BCUT2D eigenvalue weighted by atomic mass is 10.1. The summed E-state index contributed by atoms with van der Waals surface area (Å²) < 4.78 is 14.7. The lowest BCUT2D eigenvalue weighted by Crippen LogP contribution is -2.49. The second-order valence-corrected chi connectivity index (χ2v) is 14.0. The maximum atomic E-state index is 6.76. The molecule has 2 rings (SSSR count). The van der Waals surface area contributed by atoms with Crippen molar-refractivity contribution < 1.29 is 9.16 Å². The molecule has 1 aromatic heterocycles. The minimum atomic E-state index is -1.88. The van der Waals surface area contributed by atoms with Crippen molar-refractivity contribution in [1.29, 1.82) is 0 Å². The van der Waals surface area contributed by atoms with Gasteiger partial charge in [-0.05, 0) is 44.5 Å². The Morgan fingerprint density at radius 3 is 2.22 bits per heavy atom. The molecule has 150 valence electrons. The van der Waals surface area contributed by atoms with Crippen molar-refractivity contribution in [3.63, 3.8) is 0 Å². The van der Waals surface area contributed by atoms with E-state index in [4.69, 9.17) is 9.16 Å². The first-order chi connectivity index (χ1) is 12.5. The number of hydrogen-bond acceptors (Lipinski definition) is 3. The van der Waals surface area contributed by atoms with Gasteiger partial charge in [-0.2, -0.15) is 0 Å². The van der Waals surface area contributed by atoms with Gasteiger partial charge in [-0.1, -0.05) is 51.1 Å². The number of nitrogens with zero attached hydrogens (tertiary/aromatic N) is 2. The van der Waals surface area contributed by atoms with E-state index in [0.717, 1.165) is 23.6 Å². The number of aromatic nitrogens is 2. The third kappa shape index (κ3) is 5.53. The maximum Gasteiger partial charge on any atom is 0.192 e. The molecule has 0 aliphatic carbocycles. The van der Waals surface area contributed by atoms with Crippen molar-refractivity contribution in [2.75, 3.05) is 6.61 Å². The van der Waals surface area contributed by atoms with Gasteiger partial charge in [0.1, 0.15) is 12.4 Å². The maximum absolute atomic E-state index is 6.76. The van der Waals surface area contributed by atoms with Crippen LogP contribution in [-0.2, 0) is 22.3 Å². The van der Waals surface area contributed by atoms with Gasteiger partial charge in [0.2, 0.25) is 0 Å². The summed E-state index contributed by atoms with van der Waals surface area (Å²) in [7, 11) is -1.88. The fourth-order valence-electron chi connectivity index (χ4n) is 3.00. The van der Waals surface area contributed by atoms with Gasteiger partial charge >= 0.3 is 0 Å². The van der Waals surface area contributed by atoms with Crippen molar-refractivity contribution in [3.8, 4) is 11.3 Å². The Bertz CT molecular complexity index is 731. The third-order valence-electron chi connectivity index (χ3n) is 5.32. The topological polar surface area (TPSA) is 36.3 Å². The minimum absolute atomic E-state index is 0.176. The molecule has 0 N–H and O–H groups in total. The Morgan fingerprint density at radius 1 is 1.04 bits per heavy atom. The highest BCUT2D eigenvalue weighted by molar-refractivity contribution is 6.74. The lowest BCUT2D eigenvalue weighted by Gasteiger charge is -2.43. The first-order valence-electron chi connectivity index (χ1n) is 9.84. The van der Waals surface area contributed by atoms with Crippen LogP contribution in [0.3, 0.4) is 0 Å². The molecule has 0 amide bonds. The predicted molar refractivity (Wildman–Crippen MR) is 115 cm³/mol. The second-order valence-electron chi connectivity index (χ2n) is 9.27. The molecule has 0 radical (unpaired) electrons. The van der Waals surface area contributed by atoms with E-state index in [2.05, 4.69) is 81.5 Å². The van der Waals surface area contributed by atoms with E-state index in [9.17, 15) is 0 Å². The van der Waals surface area contributed by atoms with E-state index < -0.39 is 8.32 Å². The lowest BCUT2D eigenvalue weighted by molar-refractivity contribution is 0.0681. The summed E-state index contributed by atoms with van der Waals surface area (Å²) in [5.41, 5.74) is 1.97. The SMILES string of the molecule is CCOCc1ncc(-c2ccccc2)n1CC(C)(C)O[Si](C)(C)C(C)(C)C. The zero-order chi connectivity index (χ0) is 20.3. The smallest absolute Gasteiger partial charge is 0.192 e. The van der Waals surface area contributed by atoms with Crippen LogP contribution in [0.15, 0.2) is 36.5 Å². The fraction of sp³-hybridized carbons (Fsp3) is 0.591. The molecule has 0 unspecified atom stereocenters. The second kappa shape index (κ2) is 8.29. The molecule has 0 saturated carbocycles. The van der Waals surface area contributed by atoms with Gasteiger partial charge in [-0.15, -0.1) is 0 Å². The Morgan fingerprint density at radius 2 is 1.67 bits per heavy atom. The third-order valence-corrected chi connectivity index (χ3v) is 9.99. The van der Waals surface area contributed by atoms with Crippen molar-refractivity contribution in [1.82, 2.24) is 9.55 Å². The molecule has 2 aromatic rings. The molecular weight excluding hydrogens is 352 g/mol. The van der Waals surface area contributed by atoms with Gasteiger partial charge in [-0.25, -0.2) is 4.98 Å². The average molecular weight is 389 g/mol. The number of hydrogen-bond donors (Lipinski definition) is 0. The summed E-state index contributed by atoms with van der Waals surface area (Å²) in [5, 5.41) is 0.176. The van der Waals surface area contributed by atoms with Gasteiger partial charge in [-0.3, -0.25) is 0 Å². The van der Waals surface area contributed by atoms with Crippen molar-refractivity contribution in [2.24, 2.45) is 0 Å². The van der Waals surface area contributed by atoms with Gasteiger partial charge in [0.05, 0.1) is 24.0 Å². The minimum Gasteiger partial charge on any atom is -0.410 e. The molecule has 0 atom stereocenters. The summed E-state index contributed by atoms with van der Waals surface area (Å²) in [6.45, 7) is 19.8. The van der Waals surface area contributed by atoms with E-state index >= 15 is 0 Å². The average Bonchev–Trinajstić information content (AvgIpc) is 2.93. The Balaban J connectivity index is 2.36. The Kier molecular flexibility index (Phi) is 6.71. The molecule has 0 spiro atoms. The number of benzene rings is 1. The van der Waals surface area contributed by atoms with Crippen LogP contribution in [0, 0.1) is 0 Å². The van der Waals surface area contributed by atoms with Crippen LogP contribution < -0.4 is 0 Å². The van der Waals surface area contributed by atoms with E-state index in [1.807, 2.05) is 19.2 Å². The van der Waals surface area contributed by atoms with Gasteiger partial charge < -0.3 is 13.7 Å². The van der Waals surface area contributed by atoms with Crippen LogP contribution in [-0.4, -0.2) is 30.1 Å². The molecule has 1 heterocycles. The van der Waals surface area contributed by atoms with E-state index in [1.54, 1.807) is 0 Å². The highest BCUT2D eigenvalue weighted by Crippen LogP contribution is 2.39. The Labute approximate surface area is 166 Å². The summed E-state index contributed by atoms with van der Waals surface area (Å²) in [4.78, 5) is 4.65. The molecule has 1 aromatic carbocycles. The highest BCUT2D eigenvalue weighted by atomic mass is 28.4. The van der Waals surface area contributed by atoms with Crippen molar-refractivity contribution in [3.05, 3.63) is 42.4 Å². The van der Waals surface area contributed by atoms with Gasteiger partial charge in [0, 0.05) is 6.61 Å². The monoisotopic (exact) mass is 388 g/mol. The van der Waals surface area contributed by atoms with Crippen LogP contribution >= 0.6 is 0 Å². The fourth-order valence-corrected chi connectivity index (χ4v) is 4.75. The van der Waals surface area contributed by atoms with Crippen LogP contribution in [0.1, 0.15) is 47.4 Å². The number of ether oxygens (including phenoxy) is 1. The van der Waals surface area contributed by atoms with Crippen LogP contribution in [0.2, 0.25) is 18.1 Å². The zero-order valence-electron chi connectivity index (χ0n) is 18.3. The molecule has 27 heavy (non-hydrogen) atoms. The number of rotatable bonds is 8. The normalized spacial score (nSPS) is 13.2. The summed E-state index contributed by atoms with van der Waals surface area (Å²) in [6.07, 6.45) is 1.95. The Hall–Kier alpha value is -1.43. The van der Waals surface area contributed by atoms with Gasteiger partial charge in [0.25, 0.3) is 0 Å². The van der Waals surface area contributed by atoms with E-state index in [0.29, 0.717) is 13.2 Å². The van der Waals surface area contributed by atoms with Crippen molar-refractivity contribution in [2.45, 2.75) is 78.4 Å². The molecule has 0 bridgehead atoms. The van der Waals surface area contributed by atoms with E-state index in [1.165, 1.54) is 0 Å². The first kappa shape index (κ1) is 21.9. The van der Waals surface area contributed by atoms with Crippen LogP contribution in [0.4, 0.5) is 0 Å². The van der Waals surface area contributed by atoms with Crippen LogP contribution in [0.5, 0.6) is 0 Å². The molecule has 0 aliphatic heterocycles. The molecule has 4 nitrogen and oxygen atoms in total. The standard InChI is InChI=1S/C22H36N2O2Si/c1-9-25-16-20-23-15-19(18-13-11-10-12-14-18)24(20)17-22(5,6)26-27(7,8)21(2,3)4/h10-15H,9,16-17H2,1-8H3. The molecule has 0 fully saturated rings. The molecular formula is C22H36N2O2Si. The largest absolute Gasteiger partial charge is 0.410 e. The molecule has 0 saturated heterocycles. The highest BCUT2D eigenvalue weighted by Gasteiger charge is 2.41. The number of imidazole rings is 1. The van der Waals surface area contributed by atoms with E-state index in [-0.39, 0.29) is 10.6 Å². The summed E-state index contributed by atoms with van der Waals surface area (Å²) in [5.74, 6) is 0.947. The van der Waals surface area contributed by atoms with Crippen molar-refractivity contribution >= 4 is 8.32 Å². The molecule has 5 heteroatoms. The predicted octanol–water partition coefficient (Wildman–Crippen LogP) is 5.89. The zero-order valence-corrected chi connectivity index (χ0v) is 19.3. The van der Waals surface area contributed by atoms with Gasteiger partial charge in [0.15, 0.2) is 8.32 Å².